The number of sulfonamides is 1. The van der Waals surface area contributed by atoms with Gasteiger partial charge in [-0.2, -0.15) is 0 Å². The molecule has 5 nitrogen and oxygen atoms in total. The van der Waals surface area contributed by atoms with Gasteiger partial charge in [-0.25, -0.2) is 13.1 Å². The van der Waals surface area contributed by atoms with Gasteiger partial charge in [0, 0.05) is 12.1 Å². The van der Waals surface area contributed by atoms with Crippen molar-refractivity contribution in [1.29, 1.82) is 0 Å². The van der Waals surface area contributed by atoms with Crippen molar-refractivity contribution in [1.82, 2.24) is 4.72 Å². The number of hydrogen-bond acceptors (Lipinski definition) is 4. The Balaban J connectivity index is 1.85. The minimum absolute atomic E-state index is 0.178. The lowest BCUT2D eigenvalue weighted by Crippen LogP contribution is -2.28. The minimum atomic E-state index is -3.65. The van der Waals surface area contributed by atoms with Crippen LogP contribution in [0, 0.1) is 6.92 Å². The molecule has 1 heterocycles. The Kier molecular flexibility index (Phi) is 4.78. The van der Waals surface area contributed by atoms with Crippen molar-refractivity contribution in [2.45, 2.75) is 31.2 Å². The first kappa shape index (κ1) is 16.8. The highest BCUT2D eigenvalue weighted by molar-refractivity contribution is 7.89. The van der Waals surface area contributed by atoms with E-state index in [9.17, 15) is 8.42 Å². The molecular weight excluding hydrogens is 326 g/mol. The molecule has 0 radical (unpaired) electrons. The smallest absolute Gasteiger partial charge is 0.241 e. The van der Waals surface area contributed by atoms with E-state index in [4.69, 9.17) is 9.47 Å². The molecule has 128 valence electrons. The van der Waals surface area contributed by atoms with E-state index in [0.717, 1.165) is 11.1 Å². The van der Waals surface area contributed by atoms with Crippen LogP contribution in [-0.4, -0.2) is 21.6 Å². The topological polar surface area (TPSA) is 64.6 Å². The lowest BCUT2D eigenvalue weighted by atomic mass is 10.0. The molecule has 6 heteroatoms. The van der Waals surface area contributed by atoms with Crippen LogP contribution in [0.5, 0.6) is 11.5 Å². The number of ether oxygens (including phenoxy) is 2. The molecule has 0 amide bonds. The van der Waals surface area contributed by atoms with Gasteiger partial charge in [0.05, 0.1) is 4.90 Å². The van der Waals surface area contributed by atoms with E-state index in [-0.39, 0.29) is 10.9 Å². The quantitative estimate of drug-likeness (QED) is 0.902. The van der Waals surface area contributed by atoms with Crippen LogP contribution >= 0.6 is 0 Å². The first-order valence-corrected chi connectivity index (χ1v) is 9.46. The fraction of sp³-hybridized carbons (Fsp3) is 0.333. The Labute approximate surface area is 142 Å². The summed E-state index contributed by atoms with van der Waals surface area (Å²) in [6.45, 7) is 4.86. The average molecular weight is 347 g/mol. The molecule has 0 saturated heterocycles. The van der Waals surface area contributed by atoms with E-state index in [2.05, 4.69) is 4.72 Å². The number of rotatable bonds is 5. The first-order chi connectivity index (χ1) is 11.5. The number of fused-ring (bicyclic) bond motifs is 1. The molecule has 1 unspecified atom stereocenters. The summed E-state index contributed by atoms with van der Waals surface area (Å²) in [5.74, 6) is 1.04. The summed E-state index contributed by atoms with van der Waals surface area (Å²) in [6.07, 6.45) is 0.660. The van der Waals surface area contributed by atoms with Crippen LogP contribution in [0.1, 0.15) is 30.5 Å². The molecule has 1 aliphatic heterocycles. The van der Waals surface area contributed by atoms with Crippen molar-refractivity contribution in [3.05, 3.63) is 53.6 Å². The van der Waals surface area contributed by atoms with Gasteiger partial charge in [-0.15, -0.1) is 0 Å². The second kappa shape index (κ2) is 6.83. The predicted octanol–water partition coefficient (Wildman–Crippen LogP) is 3.20. The molecule has 1 N–H and O–H groups in total. The Hall–Kier alpha value is -2.05. The van der Waals surface area contributed by atoms with Gasteiger partial charge >= 0.3 is 0 Å². The van der Waals surface area contributed by atoms with E-state index in [1.165, 1.54) is 12.1 Å². The van der Waals surface area contributed by atoms with Crippen molar-refractivity contribution >= 4 is 10.0 Å². The summed E-state index contributed by atoms with van der Waals surface area (Å²) in [7, 11) is -3.65. The Morgan fingerprint density at radius 2 is 1.71 bits per heavy atom. The SMILES string of the molecule is CCC(NS(=O)(=O)c1ccc2c(c1)OCCO2)c1ccc(C)cc1. The third kappa shape index (κ3) is 3.55. The third-order valence-electron chi connectivity index (χ3n) is 4.01. The van der Waals surface area contributed by atoms with Gasteiger partial charge in [-0.05, 0) is 31.0 Å². The van der Waals surface area contributed by atoms with E-state index in [1.54, 1.807) is 6.07 Å². The molecule has 0 fully saturated rings. The molecule has 1 aliphatic rings. The van der Waals surface area contributed by atoms with E-state index >= 15 is 0 Å². The monoisotopic (exact) mass is 347 g/mol. The second-order valence-electron chi connectivity index (χ2n) is 5.80. The largest absolute Gasteiger partial charge is 0.486 e. The highest BCUT2D eigenvalue weighted by Crippen LogP contribution is 2.32. The lowest BCUT2D eigenvalue weighted by Gasteiger charge is -2.21. The Morgan fingerprint density at radius 1 is 1.04 bits per heavy atom. The van der Waals surface area contributed by atoms with Gasteiger partial charge in [0.2, 0.25) is 10.0 Å². The summed E-state index contributed by atoms with van der Waals surface area (Å²) >= 11 is 0. The first-order valence-electron chi connectivity index (χ1n) is 7.98. The maximum absolute atomic E-state index is 12.7. The maximum Gasteiger partial charge on any atom is 0.241 e. The molecule has 1 atom stereocenters. The van der Waals surface area contributed by atoms with Crippen molar-refractivity contribution < 1.29 is 17.9 Å². The molecular formula is C18H21NO4S. The fourth-order valence-electron chi connectivity index (χ4n) is 2.63. The zero-order valence-corrected chi connectivity index (χ0v) is 14.6. The number of nitrogens with one attached hydrogen (secondary N) is 1. The molecule has 0 aromatic heterocycles. The van der Waals surface area contributed by atoms with Crippen molar-refractivity contribution in [2.24, 2.45) is 0 Å². The van der Waals surface area contributed by atoms with Crippen LogP contribution in [0.25, 0.3) is 0 Å². The second-order valence-corrected chi connectivity index (χ2v) is 7.51. The summed E-state index contributed by atoms with van der Waals surface area (Å²) < 4.78 is 39.1. The Bertz CT molecular complexity index is 815. The highest BCUT2D eigenvalue weighted by Gasteiger charge is 2.23. The molecule has 0 spiro atoms. The number of hydrogen-bond donors (Lipinski definition) is 1. The maximum atomic E-state index is 12.7. The van der Waals surface area contributed by atoms with Crippen LogP contribution in [0.2, 0.25) is 0 Å². The van der Waals surface area contributed by atoms with Gasteiger partial charge in [-0.1, -0.05) is 36.8 Å². The third-order valence-corrected chi connectivity index (χ3v) is 5.48. The van der Waals surface area contributed by atoms with E-state index in [1.807, 2.05) is 38.1 Å². The molecule has 2 aromatic rings. The van der Waals surface area contributed by atoms with Crippen LogP contribution in [0.3, 0.4) is 0 Å². The zero-order chi connectivity index (χ0) is 17.2. The van der Waals surface area contributed by atoms with E-state index in [0.29, 0.717) is 31.1 Å². The molecule has 24 heavy (non-hydrogen) atoms. The lowest BCUT2D eigenvalue weighted by molar-refractivity contribution is 0.171. The summed E-state index contributed by atoms with van der Waals surface area (Å²) in [5, 5.41) is 0. The molecule has 0 bridgehead atoms. The van der Waals surface area contributed by atoms with Gasteiger partial charge in [0.15, 0.2) is 11.5 Å². The normalized spacial score (nSPS) is 15.1. The van der Waals surface area contributed by atoms with Crippen molar-refractivity contribution in [2.75, 3.05) is 13.2 Å². The predicted molar refractivity (Wildman–Crippen MR) is 92.0 cm³/mol. The number of benzene rings is 2. The summed E-state index contributed by atoms with van der Waals surface area (Å²) in [5.41, 5.74) is 2.09. The summed E-state index contributed by atoms with van der Waals surface area (Å²) in [6, 6.07) is 12.3. The molecule has 0 aliphatic carbocycles. The molecule has 0 saturated carbocycles. The van der Waals surface area contributed by atoms with Gasteiger partial charge in [0.1, 0.15) is 13.2 Å². The molecule has 3 rings (SSSR count). The van der Waals surface area contributed by atoms with Gasteiger partial charge < -0.3 is 9.47 Å². The summed E-state index contributed by atoms with van der Waals surface area (Å²) in [4.78, 5) is 0.178. The van der Waals surface area contributed by atoms with Crippen LogP contribution in [-0.2, 0) is 10.0 Å². The Morgan fingerprint density at radius 3 is 2.38 bits per heavy atom. The van der Waals surface area contributed by atoms with Crippen LogP contribution < -0.4 is 14.2 Å². The van der Waals surface area contributed by atoms with E-state index < -0.39 is 10.0 Å². The van der Waals surface area contributed by atoms with Crippen molar-refractivity contribution in [3.8, 4) is 11.5 Å². The molecule has 2 aromatic carbocycles. The standard InChI is InChI=1S/C18H21NO4S/c1-3-16(14-6-4-13(2)5-7-14)19-24(20,21)15-8-9-17-18(12-15)23-11-10-22-17/h4-9,12,16,19H,3,10-11H2,1-2H3. The van der Waals surface area contributed by atoms with Crippen LogP contribution in [0.15, 0.2) is 47.4 Å². The minimum Gasteiger partial charge on any atom is -0.486 e. The zero-order valence-electron chi connectivity index (χ0n) is 13.8. The number of aryl methyl sites for hydroxylation is 1. The highest BCUT2D eigenvalue weighted by atomic mass is 32.2. The van der Waals surface area contributed by atoms with Gasteiger partial charge in [0.25, 0.3) is 0 Å². The van der Waals surface area contributed by atoms with Crippen LogP contribution in [0.4, 0.5) is 0 Å². The fourth-order valence-corrected chi connectivity index (χ4v) is 3.95. The average Bonchev–Trinajstić information content (AvgIpc) is 2.60. The van der Waals surface area contributed by atoms with Gasteiger partial charge in [-0.3, -0.25) is 0 Å². The van der Waals surface area contributed by atoms with Crippen molar-refractivity contribution in [3.63, 3.8) is 0 Å².